The first-order valence-corrected chi connectivity index (χ1v) is 6.29. The van der Waals surface area contributed by atoms with E-state index in [2.05, 4.69) is 20.8 Å². The molecule has 110 valence electrons. The van der Waals surface area contributed by atoms with E-state index in [4.69, 9.17) is 21.1 Å². The summed E-state index contributed by atoms with van der Waals surface area (Å²) in [6, 6.07) is 7.64. The summed E-state index contributed by atoms with van der Waals surface area (Å²) in [6.45, 7) is 0. The van der Waals surface area contributed by atoms with Crippen molar-refractivity contribution in [2.24, 2.45) is 0 Å². The van der Waals surface area contributed by atoms with Crippen LogP contribution in [0.15, 0.2) is 30.3 Å². The lowest BCUT2D eigenvalue weighted by molar-refractivity contribution is 0.262. The number of carbonyl (C=O) groups is 1. The summed E-state index contributed by atoms with van der Waals surface area (Å²) in [4.78, 5) is 11.8. The predicted octanol–water partition coefficient (Wildman–Crippen LogP) is 2.79. The topological polar surface area (TPSA) is 85.4 Å². The number of halogens is 1. The average Bonchev–Trinajstić information content (AvgIpc) is 2.49. The van der Waals surface area contributed by atoms with Gasteiger partial charge in [0.05, 0.1) is 14.2 Å². The van der Waals surface area contributed by atoms with Crippen molar-refractivity contribution in [1.82, 2.24) is 10.2 Å². The largest absolute Gasteiger partial charge is 0.493 e. The smallest absolute Gasteiger partial charge is 0.324 e. The monoisotopic (exact) mass is 308 g/mol. The van der Waals surface area contributed by atoms with E-state index in [1.54, 1.807) is 24.3 Å². The van der Waals surface area contributed by atoms with Crippen molar-refractivity contribution in [3.8, 4) is 11.5 Å². The van der Waals surface area contributed by atoms with Crippen molar-refractivity contribution in [3.05, 3.63) is 35.5 Å². The second kappa shape index (κ2) is 6.76. The lowest BCUT2D eigenvalue weighted by Gasteiger charge is -2.10. The molecule has 8 heteroatoms. The van der Waals surface area contributed by atoms with Crippen LogP contribution in [-0.2, 0) is 0 Å². The van der Waals surface area contributed by atoms with E-state index in [0.29, 0.717) is 17.2 Å². The zero-order valence-corrected chi connectivity index (χ0v) is 12.1. The molecular weight excluding hydrogens is 296 g/mol. The van der Waals surface area contributed by atoms with Crippen molar-refractivity contribution in [1.29, 1.82) is 0 Å². The maximum atomic E-state index is 11.8. The van der Waals surface area contributed by atoms with Crippen LogP contribution in [0.5, 0.6) is 11.5 Å². The van der Waals surface area contributed by atoms with Crippen LogP contribution >= 0.6 is 11.6 Å². The summed E-state index contributed by atoms with van der Waals surface area (Å²) in [7, 11) is 3.06. The number of urea groups is 1. The molecular formula is C13H13ClN4O3. The van der Waals surface area contributed by atoms with Gasteiger partial charge in [-0.3, -0.25) is 5.32 Å². The lowest BCUT2D eigenvalue weighted by atomic mass is 10.3. The van der Waals surface area contributed by atoms with Gasteiger partial charge in [0.2, 0.25) is 0 Å². The van der Waals surface area contributed by atoms with Crippen molar-refractivity contribution in [2.45, 2.75) is 0 Å². The van der Waals surface area contributed by atoms with Gasteiger partial charge in [0.25, 0.3) is 0 Å². The molecule has 0 atom stereocenters. The molecule has 0 bridgehead atoms. The second-order valence-corrected chi connectivity index (χ2v) is 4.28. The van der Waals surface area contributed by atoms with Gasteiger partial charge in [-0.05, 0) is 24.3 Å². The van der Waals surface area contributed by atoms with E-state index in [1.807, 2.05) is 0 Å². The maximum absolute atomic E-state index is 11.8. The molecule has 1 heterocycles. The Balaban J connectivity index is 2.04. The Morgan fingerprint density at radius 1 is 1.05 bits per heavy atom. The Morgan fingerprint density at radius 2 is 1.81 bits per heavy atom. The van der Waals surface area contributed by atoms with Gasteiger partial charge in [-0.15, -0.1) is 10.2 Å². The summed E-state index contributed by atoms with van der Waals surface area (Å²) < 4.78 is 10.3. The number of nitrogens with one attached hydrogen (secondary N) is 2. The van der Waals surface area contributed by atoms with Gasteiger partial charge >= 0.3 is 6.03 Å². The van der Waals surface area contributed by atoms with Gasteiger partial charge < -0.3 is 14.8 Å². The summed E-state index contributed by atoms with van der Waals surface area (Å²) in [5, 5.41) is 12.8. The lowest BCUT2D eigenvalue weighted by Crippen LogP contribution is -2.20. The van der Waals surface area contributed by atoms with E-state index in [-0.39, 0.29) is 11.0 Å². The molecule has 2 amide bonds. The predicted molar refractivity (Wildman–Crippen MR) is 79.2 cm³/mol. The molecule has 1 aromatic heterocycles. The van der Waals surface area contributed by atoms with Gasteiger partial charge in [0.1, 0.15) is 0 Å². The van der Waals surface area contributed by atoms with Crippen LogP contribution in [0.4, 0.5) is 16.3 Å². The molecule has 0 spiro atoms. The summed E-state index contributed by atoms with van der Waals surface area (Å²) in [6.07, 6.45) is 0. The van der Waals surface area contributed by atoms with Crippen LogP contribution in [0.25, 0.3) is 0 Å². The number of carbonyl (C=O) groups excluding carboxylic acids is 1. The number of hydrogen-bond donors (Lipinski definition) is 2. The number of rotatable bonds is 4. The van der Waals surface area contributed by atoms with Crippen LogP contribution < -0.4 is 20.1 Å². The molecule has 2 aromatic rings. The Bertz CT molecular complexity index is 634. The average molecular weight is 309 g/mol. The van der Waals surface area contributed by atoms with Crippen LogP contribution in [0, 0.1) is 0 Å². The van der Waals surface area contributed by atoms with Gasteiger partial charge in [0, 0.05) is 11.8 Å². The molecule has 7 nitrogen and oxygen atoms in total. The van der Waals surface area contributed by atoms with Crippen LogP contribution in [0.2, 0.25) is 5.15 Å². The van der Waals surface area contributed by atoms with Crippen LogP contribution in [-0.4, -0.2) is 30.4 Å². The van der Waals surface area contributed by atoms with Gasteiger partial charge in [0.15, 0.2) is 22.5 Å². The third kappa shape index (κ3) is 3.96. The molecule has 0 aliphatic rings. The normalized spacial score (nSPS) is 9.86. The Hall–Kier alpha value is -2.54. The second-order valence-electron chi connectivity index (χ2n) is 3.89. The van der Waals surface area contributed by atoms with Gasteiger partial charge in [-0.25, -0.2) is 4.79 Å². The number of anilines is 2. The molecule has 2 N–H and O–H groups in total. The summed E-state index contributed by atoms with van der Waals surface area (Å²) in [5.41, 5.74) is 0.548. The third-order valence-corrected chi connectivity index (χ3v) is 2.72. The minimum Gasteiger partial charge on any atom is -0.493 e. The van der Waals surface area contributed by atoms with Gasteiger partial charge in [-0.1, -0.05) is 11.6 Å². The van der Waals surface area contributed by atoms with E-state index in [0.717, 1.165) is 0 Å². The molecule has 0 fully saturated rings. The third-order valence-electron chi connectivity index (χ3n) is 2.52. The molecule has 2 rings (SSSR count). The van der Waals surface area contributed by atoms with E-state index in [1.165, 1.54) is 20.3 Å². The molecule has 1 aromatic carbocycles. The highest BCUT2D eigenvalue weighted by Crippen LogP contribution is 2.29. The SMILES string of the molecule is COc1ccc(NC(=O)Nc2ccc(Cl)nn2)cc1OC. The maximum Gasteiger partial charge on any atom is 0.324 e. The molecule has 21 heavy (non-hydrogen) atoms. The highest BCUT2D eigenvalue weighted by Gasteiger charge is 2.08. The molecule has 0 radical (unpaired) electrons. The number of nitrogens with zero attached hydrogens (tertiary/aromatic N) is 2. The minimum atomic E-state index is -0.459. The van der Waals surface area contributed by atoms with Crippen molar-refractivity contribution < 1.29 is 14.3 Å². The standard InChI is InChI=1S/C13H13ClN4O3/c1-20-9-4-3-8(7-10(9)21-2)15-13(19)16-12-6-5-11(14)17-18-12/h3-7H,1-2H3,(H2,15,16,18,19). The van der Waals surface area contributed by atoms with E-state index < -0.39 is 6.03 Å². The number of amides is 2. The fourth-order valence-corrected chi connectivity index (χ4v) is 1.68. The van der Waals surface area contributed by atoms with Crippen molar-refractivity contribution >= 4 is 29.1 Å². The first-order valence-electron chi connectivity index (χ1n) is 5.91. The zero-order chi connectivity index (χ0) is 15.2. The first kappa shape index (κ1) is 14.9. The number of ether oxygens (including phenoxy) is 2. The molecule has 0 saturated heterocycles. The minimum absolute atomic E-state index is 0.251. The molecule has 0 saturated carbocycles. The van der Waals surface area contributed by atoms with E-state index in [9.17, 15) is 4.79 Å². The van der Waals surface area contributed by atoms with E-state index >= 15 is 0 Å². The highest BCUT2D eigenvalue weighted by atomic mass is 35.5. The molecule has 0 aliphatic carbocycles. The van der Waals surface area contributed by atoms with Gasteiger partial charge in [-0.2, -0.15) is 0 Å². The number of hydrogen-bond acceptors (Lipinski definition) is 5. The quantitative estimate of drug-likeness (QED) is 0.907. The Kier molecular flexibility index (Phi) is 4.78. The number of methoxy groups -OCH3 is 2. The number of benzene rings is 1. The Labute approximate surface area is 126 Å². The fraction of sp³-hybridized carbons (Fsp3) is 0.154. The van der Waals surface area contributed by atoms with Crippen LogP contribution in [0.3, 0.4) is 0 Å². The zero-order valence-electron chi connectivity index (χ0n) is 11.4. The fourth-order valence-electron chi connectivity index (χ4n) is 1.58. The number of aromatic nitrogens is 2. The summed E-state index contributed by atoms with van der Waals surface area (Å²) in [5.74, 6) is 1.38. The summed E-state index contributed by atoms with van der Waals surface area (Å²) >= 11 is 5.61. The van der Waals surface area contributed by atoms with Crippen LogP contribution in [0.1, 0.15) is 0 Å². The van der Waals surface area contributed by atoms with Crippen molar-refractivity contribution in [2.75, 3.05) is 24.9 Å². The molecule has 0 aliphatic heterocycles. The van der Waals surface area contributed by atoms with Crippen molar-refractivity contribution in [3.63, 3.8) is 0 Å². The molecule has 0 unspecified atom stereocenters. The Morgan fingerprint density at radius 3 is 2.43 bits per heavy atom. The first-order chi connectivity index (χ1) is 10.1. The highest BCUT2D eigenvalue weighted by molar-refractivity contribution is 6.29.